The summed E-state index contributed by atoms with van der Waals surface area (Å²) in [5.41, 5.74) is 1.61. The molecular weight excluding hydrogens is 496 g/mol. The number of carbonyl (C=O) groups is 3. The molecule has 3 rings (SSSR count). The molecule has 0 spiro atoms. The second-order valence-electron chi connectivity index (χ2n) is 5.86. The van der Waals surface area contributed by atoms with Crippen LogP contribution in [-0.4, -0.2) is 34.5 Å². The summed E-state index contributed by atoms with van der Waals surface area (Å²) in [4.78, 5) is 36.6. The summed E-state index contributed by atoms with van der Waals surface area (Å²) in [5, 5.41) is 11.3. The molecule has 0 radical (unpaired) electrons. The standard InChI is InChI=1S/C19H14Br2N2O5/c20-13-6-12(7-14(21)17(13)28-10-16(24)25)8-15-18(26)23(19(27)22-15)9-11-4-2-1-3-5-11/h1-8H,9-10H2,(H,22,27)(H,24,25)/b15-8+. The van der Waals surface area contributed by atoms with Gasteiger partial charge in [0.2, 0.25) is 0 Å². The smallest absolute Gasteiger partial charge is 0.341 e. The summed E-state index contributed by atoms with van der Waals surface area (Å²) in [5.74, 6) is -1.19. The van der Waals surface area contributed by atoms with Crippen LogP contribution in [0.5, 0.6) is 5.75 Å². The van der Waals surface area contributed by atoms with Crippen molar-refractivity contribution in [3.8, 4) is 5.75 Å². The van der Waals surface area contributed by atoms with Gasteiger partial charge in [0.05, 0.1) is 15.5 Å². The molecule has 0 unspecified atom stereocenters. The van der Waals surface area contributed by atoms with Crippen molar-refractivity contribution in [1.82, 2.24) is 10.2 Å². The maximum atomic E-state index is 12.6. The molecule has 2 aromatic carbocycles. The maximum Gasteiger partial charge on any atom is 0.341 e. The summed E-state index contributed by atoms with van der Waals surface area (Å²) in [6.45, 7) is -0.307. The number of halogens is 2. The molecule has 9 heteroatoms. The number of carbonyl (C=O) groups excluding carboxylic acids is 2. The van der Waals surface area contributed by atoms with E-state index in [1.54, 1.807) is 18.2 Å². The minimum Gasteiger partial charge on any atom is -0.480 e. The number of ether oxygens (including phenoxy) is 1. The maximum absolute atomic E-state index is 12.6. The summed E-state index contributed by atoms with van der Waals surface area (Å²) in [6.07, 6.45) is 1.54. The van der Waals surface area contributed by atoms with Gasteiger partial charge in [0.15, 0.2) is 6.61 Å². The van der Waals surface area contributed by atoms with Gasteiger partial charge in [0.1, 0.15) is 11.4 Å². The van der Waals surface area contributed by atoms with Gasteiger partial charge in [-0.05, 0) is 61.2 Å². The van der Waals surface area contributed by atoms with Gasteiger partial charge in [0, 0.05) is 0 Å². The van der Waals surface area contributed by atoms with E-state index in [9.17, 15) is 14.4 Å². The largest absolute Gasteiger partial charge is 0.480 e. The van der Waals surface area contributed by atoms with Crippen LogP contribution in [0.1, 0.15) is 11.1 Å². The lowest BCUT2D eigenvalue weighted by atomic mass is 10.1. The van der Waals surface area contributed by atoms with Gasteiger partial charge in [-0.1, -0.05) is 30.3 Å². The number of hydrogen-bond acceptors (Lipinski definition) is 4. The molecule has 7 nitrogen and oxygen atoms in total. The van der Waals surface area contributed by atoms with E-state index in [-0.39, 0.29) is 12.2 Å². The lowest BCUT2D eigenvalue weighted by molar-refractivity contribution is -0.139. The number of carboxylic acid groups (broad SMARTS) is 1. The van der Waals surface area contributed by atoms with Gasteiger partial charge in [-0.3, -0.25) is 9.69 Å². The highest BCUT2D eigenvalue weighted by molar-refractivity contribution is 9.11. The van der Waals surface area contributed by atoms with Crippen LogP contribution >= 0.6 is 31.9 Å². The Hall–Kier alpha value is -2.65. The molecule has 1 aliphatic heterocycles. The predicted molar refractivity (Wildman–Crippen MR) is 108 cm³/mol. The number of hydrogen-bond donors (Lipinski definition) is 2. The number of aliphatic carboxylic acids is 1. The van der Waals surface area contributed by atoms with E-state index in [1.165, 1.54) is 0 Å². The zero-order valence-electron chi connectivity index (χ0n) is 14.3. The van der Waals surface area contributed by atoms with Gasteiger partial charge in [0.25, 0.3) is 5.91 Å². The quantitative estimate of drug-likeness (QED) is 0.456. The van der Waals surface area contributed by atoms with E-state index in [2.05, 4.69) is 37.2 Å². The van der Waals surface area contributed by atoms with Crippen molar-refractivity contribution >= 4 is 55.8 Å². The zero-order valence-corrected chi connectivity index (χ0v) is 17.5. The Bertz CT molecular complexity index is 953. The van der Waals surface area contributed by atoms with Crippen LogP contribution in [0.15, 0.2) is 57.1 Å². The molecule has 0 bridgehead atoms. The number of amides is 3. The average Bonchev–Trinajstić information content (AvgIpc) is 2.89. The van der Waals surface area contributed by atoms with E-state index in [4.69, 9.17) is 9.84 Å². The number of imide groups is 1. The molecule has 0 saturated carbocycles. The van der Waals surface area contributed by atoms with E-state index in [0.29, 0.717) is 20.3 Å². The molecule has 2 N–H and O–H groups in total. The first kappa shape index (κ1) is 20.1. The van der Waals surface area contributed by atoms with Gasteiger partial charge in [-0.2, -0.15) is 0 Å². The Morgan fingerprint density at radius 2 is 1.79 bits per heavy atom. The summed E-state index contributed by atoms with van der Waals surface area (Å²) >= 11 is 6.64. The predicted octanol–water partition coefficient (Wildman–Crippen LogP) is 3.77. The molecule has 2 aromatic rings. The van der Waals surface area contributed by atoms with Crippen molar-refractivity contribution < 1.29 is 24.2 Å². The van der Waals surface area contributed by atoms with Crippen LogP contribution in [0.25, 0.3) is 6.08 Å². The van der Waals surface area contributed by atoms with Crippen molar-refractivity contribution in [1.29, 1.82) is 0 Å². The van der Waals surface area contributed by atoms with Crippen LogP contribution in [0, 0.1) is 0 Å². The molecule has 1 aliphatic rings. The molecule has 1 saturated heterocycles. The number of carboxylic acids is 1. The molecule has 28 heavy (non-hydrogen) atoms. The summed E-state index contributed by atoms with van der Waals surface area (Å²) < 4.78 is 6.23. The van der Waals surface area contributed by atoms with Crippen LogP contribution < -0.4 is 10.1 Å². The fraction of sp³-hybridized carbons (Fsp3) is 0.105. The summed E-state index contributed by atoms with van der Waals surface area (Å²) in [6, 6.07) is 12.1. The van der Waals surface area contributed by atoms with Crippen LogP contribution in [0.3, 0.4) is 0 Å². The molecule has 144 valence electrons. The first-order valence-corrected chi connectivity index (χ1v) is 9.66. The minimum atomic E-state index is -1.09. The molecule has 3 amide bonds. The number of nitrogens with one attached hydrogen (secondary N) is 1. The molecule has 1 fully saturated rings. The Balaban J connectivity index is 1.81. The highest BCUT2D eigenvalue weighted by Gasteiger charge is 2.33. The normalized spacial score (nSPS) is 15.1. The fourth-order valence-electron chi connectivity index (χ4n) is 2.58. The average molecular weight is 510 g/mol. The second kappa shape index (κ2) is 8.57. The van der Waals surface area contributed by atoms with Crippen LogP contribution in [0.4, 0.5) is 4.79 Å². The molecular formula is C19H14Br2N2O5. The summed E-state index contributed by atoms with van der Waals surface area (Å²) in [7, 11) is 0. The third-order valence-electron chi connectivity index (χ3n) is 3.82. The Morgan fingerprint density at radius 1 is 1.14 bits per heavy atom. The van der Waals surface area contributed by atoms with Crippen molar-refractivity contribution in [2.75, 3.05) is 6.61 Å². The topological polar surface area (TPSA) is 95.9 Å². The number of urea groups is 1. The first-order chi connectivity index (χ1) is 13.3. The fourth-order valence-corrected chi connectivity index (χ4v) is 4.03. The van der Waals surface area contributed by atoms with Crippen molar-refractivity contribution in [2.45, 2.75) is 6.54 Å². The zero-order chi connectivity index (χ0) is 20.3. The third kappa shape index (κ3) is 4.60. The third-order valence-corrected chi connectivity index (χ3v) is 5.00. The lowest BCUT2D eigenvalue weighted by Crippen LogP contribution is -2.30. The van der Waals surface area contributed by atoms with Crippen molar-refractivity contribution in [3.63, 3.8) is 0 Å². The highest BCUT2D eigenvalue weighted by Crippen LogP contribution is 2.35. The first-order valence-electron chi connectivity index (χ1n) is 8.07. The van der Waals surface area contributed by atoms with E-state index in [1.807, 2.05) is 30.3 Å². The lowest BCUT2D eigenvalue weighted by Gasteiger charge is -2.11. The molecule has 0 atom stereocenters. The second-order valence-corrected chi connectivity index (χ2v) is 7.57. The molecule has 0 aliphatic carbocycles. The molecule has 1 heterocycles. The number of rotatable bonds is 6. The van der Waals surface area contributed by atoms with Crippen molar-refractivity contribution in [2.24, 2.45) is 0 Å². The molecule has 0 aromatic heterocycles. The van der Waals surface area contributed by atoms with Gasteiger partial charge < -0.3 is 15.2 Å². The monoisotopic (exact) mass is 508 g/mol. The van der Waals surface area contributed by atoms with Crippen molar-refractivity contribution in [3.05, 3.63) is 68.2 Å². The van der Waals surface area contributed by atoms with Crippen LogP contribution in [0.2, 0.25) is 0 Å². The number of benzene rings is 2. The van der Waals surface area contributed by atoms with Gasteiger partial charge in [-0.25, -0.2) is 9.59 Å². The Labute approximate surface area is 177 Å². The van der Waals surface area contributed by atoms with E-state index < -0.39 is 24.5 Å². The highest BCUT2D eigenvalue weighted by atomic mass is 79.9. The SMILES string of the molecule is O=C(O)COc1c(Br)cc(/C=C2/NC(=O)N(Cc3ccccc3)C2=O)cc1Br. The number of nitrogens with zero attached hydrogens (tertiary/aromatic N) is 1. The van der Waals surface area contributed by atoms with Crippen LogP contribution in [-0.2, 0) is 16.1 Å². The van der Waals surface area contributed by atoms with E-state index >= 15 is 0 Å². The Morgan fingerprint density at radius 3 is 2.39 bits per heavy atom. The van der Waals surface area contributed by atoms with E-state index in [0.717, 1.165) is 10.5 Å². The van der Waals surface area contributed by atoms with Gasteiger partial charge >= 0.3 is 12.0 Å². The minimum absolute atomic E-state index is 0.152. The van der Waals surface area contributed by atoms with Gasteiger partial charge in [-0.15, -0.1) is 0 Å². The Kier molecular flexibility index (Phi) is 6.15.